The highest BCUT2D eigenvalue weighted by Gasteiger charge is 2.45. The first-order valence-electron chi connectivity index (χ1n) is 8.14. The number of hydrogen-bond donors (Lipinski definition) is 1. The normalized spacial score (nSPS) is 21.2. The zero-order valence-corrected chi connectivity index (χ0v) is 14.2. The first kappa shape index (κ1) is 18.0. The summed E-state index contributed by atoms with van der Waals surface area (Å²) in [5.41, 5.74) is 0. The molecular formula is C17H18F3N3OS. The summed E-state index contributed by atoms with van der Waals surface area (Å²) in [4.78, 5) is 12.1. The molecule has 0 spiro atoms. The molecule has 2 atom stereocenters. The predicted octanol–water partition coefficient (Wildman–Crippen LogP) is 3.96. The molecule has 3 rings (SSSR count). The monoisotopic (exact) mass is 369 g/mol. The second-order valence-corrected chi connectivity index (χ2v) is 7.10. The molecule has 4 nitrogen and oxygen atoms in total. The van der Waals surface area contributed by atoms with Crippen LogP contribution in [-0.2, 0) is 4.79 Å². The van der Waals surface area contributed by atoms with E-state index in [-0.39, 0.29) is 12.2 Å². The van der Waals surface area contributed by atoms with Crippen molar-refractivity contribution in [1.29, 1.82) is 0 Å². The minimum absolute atomic E-state index is 0.0176. The Morgan fingerprint density at radius 1 is 1.24 bits per heavy atom. The molecule has 1 aliphatic rings. The van der Waals surface area contributed by atoms with Crippen molar-refractivity contribution in [2.45, 2.75) is 42.9 Å². The third-order valence-corrected chi connectivity index (χ3v) is 5.39. The molecule has 0 unspecified atom stereocenters. The average molecular weight is 369 g/mol. The standard InChI is InChI=1S/C17H18F3N3OS/c18-17(19,20)13-7-3-4-8-14(13)22-15(24)10-25-16-12-6-2-1-5-11(12)9-21-23-16/h1-2,5-6,9,13-14H,3-4,7-8,10H2,(H,22,24)/t13-,14+/m1/s1. The molecule has 134 valence electrons. The fourth-order valence-corrected chi connectivity index (χ4v) is 3.98. The van der Waals surface area contributed by atoms with Crippen LogP contribution in [0.25, 0.3) is 10.8 Å². The minimum Gasteiger partial charge on any atom is -0.352 e. The Labute approximate surface area is 147 Å². The summed E-state index contributed by atoms with van der Waals surface area (Å²) in [6.45, 7) is 0. The van der Waals surface area contributed by atoms with Gasteiger partial charge in [0.25, 0.3) is 0 Å². The average Bonchev–Trinajstić information content (AvgIpc) is 2.59. The number of rotatable bonds is 4. The molecule has 1 amide bonds. The molecule has 1 fully saturated rings. The van der Waals surface area contributed by atoms with Gasteiger partial charge in [0.15, 0.2) is 0 Å². The number of aromatic nitrogens is 2. The van der Waals surface area contributed by atoms with Crippen molar-refractivity contribution >= 4 is 28.4 Å². The Morgan fingerprint density at radius 2 is 2.00 bits per heavy atom. The van der Waals surface area contributed by atoms with E-state index in [4.69, 9.17) is 0 Å². The highest BCUT2D eigenvalue weighted by molar-refractivity contribution is 8.00. The number of carbonyl (C=O) groups excluding carboxylic acids is 1. The van der Waals surface area contributed by atoms with Gasteiger partial charge in [-0.2, -0.15) is 18.3 Å². The van der Waals surface area contributed by atoms with Crippen LogP contribution in [-0.4, -0.2) is 34.1 Å². The number of hydrogen-bond acceptors (Lipinski definition) is 4. The summed E-state index contributed by atoms with van der Waals surface area (Å²) in [7, 11) is 0. The Balaban J connectivity index is 1.62. The first-order chi connectivity index (χ1) is 11.9. The van der Waals surface area contributed by atoms with Gasteiger partial charge in [-0.05, 0) is 12.8 Å². The van der Waals surface area contributed by atoms with Crippen LogP contribution in [0.15, 0.2) is 35.5 Å². The number of halogens is 3. The van der Waals surface area contributed by atoms with Crippen molar-refractivity contribution < 1.29 is 18.0 Å². The molecule has 0 bridgehead atoms. The van der Waals surface area contributed by atoms with Gasteiger partial charge >= 0.3 is 6.18 Å². The van der Waals surface area contributed by atoms with E-state index in [1.54, 1.807) is 6.20 Å². The summed E-state index contributed by atoms with van der Waals surface area (Å²) in [5, 5.41) is 12.9. The quantitative estimate of drug-likeness (QED) is 0.829. The minimum atomic E-state index is -4.27. The molecule has 1 aliphatic carbocycles. The van der Waals surface area contributed by atoms with E-state index in [0.29, 0.717) is 24.3 Å². The molecule has 1 N–H and O–H groups in total. The Morgan fingerprint density at radius 3 is 2.80 bits per heavy atom. The summed E-state index contributed by atoms with van der Waals surface area (Å²) < 4.78 is 39.3. The van der Waals surface area contributed by atoms with Crippen molar-refractivity contribution in [3.05, 3.63) is 30.5 Å². The molecule has 1 saturated carbocycles. The van der Waals surface area contributed by atoms with Gasteiger partial charge in [-0.15, -0.1) is 5.10 Å². The van der Waals surface area contributed by atoms with Gasteiger partial charge in [-0.25, -0.2) is 0 Å². The van der Waals surface area contributed by atoms with Crippen LogP contribution in [0.4, 0.5) is 13.2 Å². The van der Waals surface area contributed by atoms with Crippen molar-refractivity contribution in [2.75, 3.05) is 5.75 Å². The largest absolute Gasteiger partial charge is 0.393 e. The number of fused-ring (bicyclic) bond motifs is 1. The molecule has 1 aromatic carbocycles. The maximum Gasteiger partial charge on any atom is 0.393 e. The molecule has 25 heavy (non-hydrogen) atoms. The van der Waals surface area contributed by atoms with Crippen LogP contribution in [0.3, 0.4) is 0 Å². The SMILES string of the molecule is O=C(CSc1nncc2ccccc12)N[C@H]1CCCC[C@H]1C(F)(F)F. The van der Waals surface area contributed by atoms with E-state index < -0.39 is 24.0 Å². The lowest BCUT2D eigenvalue weighted by atomic mass is 9.84. The van der Waals surface area contributed by atoms with Crippen LogP contribution in [0.5, 0.6) is 0 Å². The van der Waals surface area contributed by atoms with Crippen molar-refractivity contribution in [1.82, 2.24) is 15.5 Å². The van der Waals surface area contributed by atoms with Crippen molar-refractivity contribution in [3.8, 4) is 0 Å². The van der Waals surface area contributed by atoms with Gasteiger partial charge in [-0.3, -0.25) is 4.79 Å². The topological polar surface area (TPSA) is 54.9 Å². The van der Waals surface area contributed by atoms with E-state index in [2.05, 4.69) is 15.5 Å². The molecule has 1 aromatic heterocycles. The summed E-state index contributed by atoms with van der Waals surface area (Å²) in [6.07, 6.45) is -0.927. The third-order valence-electron chi connectivity index (χ3n) is 4.41. The van der Waals surface area contributed by atoms with E-state index in [9.17, 15) is 18.0 Å². The molecule has 8 heteroatoms. The van der Waals surface area contributed by atoms with Gasteiger partial charge < -0.3 is 5.32 Å². The fourth-order valence-electron chi connectivity index (χ4n) is 3.19. The molecule has 1 heterocycles. The van der Waals surface area contributed by atoms with Crippen LogP contribution < -0.4 is 5.32 Å². The second-order valence-electron chi connectivity index (χ2n) is 6.13. The number of nitrogens with one attached hydrogen (secondary N) is 1. The maximum absolute atomic E-state index is 13.1. The van der Waals surface area contributed by atoms with E-state index >= 15 is 0 Å². The molecule has 0 saturated heterocycles. The van der Waals surface area contributed by atoms with Crippen LogP contribution in [0, 0.1) is 5.92 Å². The Bertz CT molecular complexity index is 748. The van der Waals surface area contributed by atoms with Gasteiger partial charge in [0.1, 0.15) is 5.03 Å². The lowest BCUT2D eigenvalue weighted by Gasteiger charge is -2.33. The zero-order valence-electron chi connectivity index (χ0n) is 13.4. The number of amides is 1. The first-order valence-corrected chi connectivity index (χ1v) is 9.13. The van der Waals surface area contributed by atoms with Crippen LogP contribution in [0.1, 0.15) is 25.7 Å². The fraction of sp³-hybridized carbons (Fsp3) is 0.471. The smallest absolute Gasteiger partial charge is 0.352 e. The van der Waals surface area contributed by atoms with E-state index in [1.807, 2.05) is 24.3 Å². The van der Waals surface area contributed by atoms with Gasteiger partial charge in [-0.1, -0.05) is 48.9 Å². The highest BCUT2D eigenvalue weighted by Crippen LogP contribution is 2.37. The third kappa shape index (κ3) is 4.42. The molecule has 2 aromatic rings. The van der Waals surface area contributed by atoms with Crippen molar-refractivity contribution in [2.24, 2.45) is 5.92 Å². The van der Waals surface area contributed by atoms with E-state index in [1.165, 1.54) is 11.8 Å². The lowest BCUT2D eigenvalue weighted by Crippen LogP contribution is -2.48. The highest BCUT2D eigenvalue weighted by atomic mass is 32.2. The van der Waals surface area contributed by atoms with E-state index in [0.717, 1.165) is 10.8 Å². The summed E-state index contributed by atoms with van der Waals surface area (Å²) in [6, 6.07) is 6.69. The van der Waals surface area contributed by atoms with Gasteiger partial charge in [0.05, 0.1) is 17.9 Å². The predicted molar refractivity (Wildman–Crippen MR) is 90.2 cm³/mol. The molecular weight excluding hydrogens is 351 g/mol. The number of thioether (sulfide) groups is 1. The maximum atomic E-state index is 13.1. The van der Waals surface area contributed by atoms with Crippen LogP contribution >= 0.6 is 11.8 Å². The summed E-state index contributed by atoms with van der Waals surface area (Å²) in [5.74, 6) is -1.84. The van der Waals surface area contributed by atoms with Gasteiger partial charge in [0.2, 0.25) is 5.91 Å². The number of benzene rings is 1. The molecule has 0 radical (unpaired) electrons. The van der Waals surface area contributed by atoms with Crippen molar-refractivity contribution in [3.63, 3.8) is 0 Å². The molecule has 0 aliphatic heterocycles. The number of alkyl halides is 3. The zero-order chi connectivity index (χ0) is 17.9. The number of nitrogens with zero attached hydrogens (tertiary/aromatic N) is 2. The second kappa shape index (κ2) is 7.59. The van der Waals surface area contributed by atoms with Crippen LogP contribution in [0.2, 0.25) is 0 Å². The Hall–Kier alpha value is -1.83. The van der Waals surface area contributed by atoms with Gasteiger partial charge in [0, 0.05) is 16.8 Å². The number of carbonyl (C=O) groups is 1. The Kier molecular flexibility index (Phi) is 5.46. The lowest BCUT2D eigenvalue weighted by molar-refractivity contribution is -0.189. The summed E-state index contributed by atoms with van der Waals surface area (Å²) >= 11 is 1.19.